The van der Waals surface area contributed by atoms with Crippen molar-refractivity contribution in [2.75, 3.05) is 0 Å². The van der Waals surface area contributed by atoms with Crippen LogP contribution in [0.25, 0.3) is 10.8 Å². The van der Waals surface area contributed by atoms with Gasteiger partial charge in [0.1, 0.15) is 5.78 Å². The molecule has 0 spiro atoms. The first-order chi connectivity index (χ1) is 7.65. The van der Waals surface area contributed by atoms with Crippen LogP contribution < -0.4 is 0 Å². The van der Waals surface area contributed by atoms with Gasteiger partial charge >= 0.3 is 0 Å². The minimum Gasteiger partial charge on any atom is -0.300 e. The quantitative estimate of drug-likeness (QED) is 0.758. The van der Waals surface area contributed by atoms with Crippen LogP contribution in [0.5, 0.6) is 0 Å². The van der Waals surface area contributed by atoms with Crippen molar-refractivity contribution in [3.05, 3.63) is 47.5 Å². The SMILES string of the molecule is CC(=O)CCc1ccc2cc(C)ccc2c1. The summed E-state index contributed by atoms with van der Waals surface area (Å²) >= 11 is 0. The maximum atomic E-state index is 10.9. The van der Waals surface area contributed by atoms with Crippen molar-refractivity contribution in [2.24, 2.45) is 0 Å². The van der Waals surface area contributed by atoms with E-state index in [4.69, 9.17) is 0 Å². The van der Waals surface area contributed by atoms with E-state index in [-0.39, 0.29) is 5.78 Å². The maximum absolute atomic E-state index is 10.9. The predicted molar refractivity (Wildman–Crippen MR) is 67.7 cm³/mol. The van der Waals surface area contributed by atoms with E-state index >= 15 is 0 Å². The molecule has 1 heteroatoms. The third-order valence-corrected chi connectivity index (χ3v) is 2.83. The molecule has 82 valence electrons. The fourth-order valence-corrected chi connectivity index (χ4v) is 1.89. The van der Waals surface area contributed by atoms with Crippen LogP contribution in [0.3, 0.4) is 0 Å². The Kier molecular flexibility index (Phi) is 3.04. The van der Waals surface area contributed by atoms with Crippen molar-refractivity contribution in [2.45, 2.75) is 26.7 Å². The van der Waals surface area contributed by atoms with E-state index in [2.05, 4.69) is 43.3 Å². The third-order valence-electron chi connectivity index (χ3n) is 2.83. The number of aryl methyl sites for hydroxylation is 2. The highest BCUT2D eigenvalue weighted by molar-refractivity contribution is 5.84. The van der Waals surface area contributed by atoms with E-state index in [0.29, 0.717) is 6.42 Å². The van der Waals surface area contributed by atoms with Crippen LogP contribution in [-0.4, -0.2) is 5.78 Å². The first-order valence-electron chi connectivity index (χ1n) is 5.64. The Balaban J connectivity index is 2.30. The van der Waals surface area contributed by atoms with E-state index < -0.39 is 0 Å². The summed E-state index contributed by atoms with van der Waals surface area (Å²) < 4.78 is 0. The molecule has 0 fully saturated rings. The van der Waals surface area contributed by atoms with Gasteiger partial charge in [0.2, 0.25) is 0 Å². The maximum Gasteiger partial charge on any atom is 0.130 e. The topological polar surface area (TPSA) is 17.1 Å². The van der Waals surface area contributed by atoms with Gasteiger partial charge in [-0.2, -0.15) is 0 Å². The first kappa shape index (κ1) is 10.9. The second-order valence-corrected chi connectivity index (χ2v) is 4.39. The molecule has 0 radical (unpaired) electrons. The Bertz CT molecular complexity index is 526. The largest absolute Gasteiger partial charge is 0.300 e. The lowest BCUT2D eigenvalue weighted by Crippen LogP contribution is -1.93. The van der Waals surface area contributed by atoms with Crippen molar-refractivity contribution in [3.63, 3.8) is 0 Å². The molecule has 0 saturated heterocycles. The van der Waals surface area contributed by atoms with Gasteiger partial charge in [-0.15, -0.1) is 0 Å². The molecule has 0 aliphatic heterocycles. The zero-order valence-corrected chi connectivity index (χ0v) is 9.79. The number of carbonyl (C=O) groups is 1. The molecule has 0 amide bonds. The highest BCUT2D eigenvalue weighted by Gasteiger charge is 1.99. The molecule has 2 aromatic rings. The van der Waals surface area contributed by atoms with E-state index in [0.717, 1.165) is 6.42 Å². The molecular weight excluding hydrogens is 196 g/mol. The van der Waals surface area contributed by atoms with Crippen molar-refractivity contribution in [1.29, 1.82) is 0 Å². The van der Waals surface area contributed by atoms with Crippen LogP contribution in [0.1, 0.15) is 24.5 Å². The second kappa shape index (κ2) is 4.48. The van der Waals surface area contributed by atoms with Gasteiger partial charge in [-0.1, -0.05) is 42.0 Å². The van der Waals surface area contributed by atoms with Gasteiger partial charge in [0.05, 0.1) is 0 Å². The standard InChI is InChI=1S/C15H16O/c1-11-3-7-15-10-13(5-4-12(2)16)6-8-14(15)9-11/h3,6-10H,4-5H2,1-2H3. The second-order valence-electron chi connectivity index (χ2n) is 4.39. The summed E-state index contributed by atoms with van der Waals surface area (Å²) in [6.07, 6.45) is 1.48. The number of hydrogen-bond acceptors (Lipinski definition) is 1. The van der Waals surface area contributed by atoms with Crippen molar-refractivity contribution in [1.82, 2.24) is 0 Å². The molecule has 0 N–H and O–H groups in total. The number of fused-ring (bicyclic) bond motifs is 1. The van der Waals surface area contributed by atoms with E-state index in [1.807, 2.05) is 0 Å². The van der Waals surface area contributed by atoms with Gasteiger partial charge in [-0.05, 0) is 36.6 Å². The molecule has 0 aliphatic rings. The van der Waals surface area contributed by atoms with Crippen LogP contribution in [0.2, 0.25) is 0 Å². The summed E-state index contributed by atoms with van der Waals surface area (Å²) in [6, 6.07) is 12.9. The van der Waals surface area contributed by atoms with Crippen molar-refractivity contribution >= 4 is 16.6 Å². The zero-order chi connectivity index (χ0) is 11.5. The Morgan fingerprint density at radius 1 is 1.06 bits per heavy atom. The molecule has 0 unspecified atom stereocenters. The Morgan fingerprint density at radius 2 is 1.75 bits per heavy atom. The summed E-state index contributed by atoms with van der Waals surface area (Å²) in [5.74, 6) is 0.254. The van der Waals surface area contributed by atoms with Crippen LogP contribution in [0.15, 0.2) is 36.4 Å². The molecule has 16 heavy (non-hydrogen) atoms. The Labute approximate surface area is 96.1 Å². The highest BCUT2D eigenvalue weighted by atomic mass is 16.1. The van der Waals surface area contributed by atoms with Crippen molar-refractivity contribution in [3.8, 4) is 0 Å². The zero-order valence-electron chi connectivity index (χ0n) is 9.79. The highest BCUT2D eigenvalue weighted by Crippen LogP contribution is 2.18. The average Bonchev–Trinajstić information content (AvgIpc) is 2.26. The molecule has 0 bridgehead atoms. The first-order valence-corrected chi connectivity index (χ1v) is 5.64. The molecule has 0 atom stereocenters. The van der Waals surface area contributed by atoms with Gasteiger partial charge < -0.3 is 4.79 Å². The fraction of sp³-hybridized carbons (Fsp3) is 0.267. The monoisotopic (exact) mass is 212 g/mol. The molecule has 0 heterocycles. The number of carbonyl (C=O) groups excluding carboxylic acids is 1. The number of Topliss-reactive ketones (excluding diaryl/α,β-unsaturated/α-hetero) is 1. The Hall–Kier alpha value is -1.63. The van der Waals surface area contributed by atoms with E-state index in [1.54, 1.807) is 6.92 Å². The Morgan fingerprint density at radius 3 is 2.50 bits per heavy atom. The van der Waals surface area contributed by atoms with E-state index in [9.17, 15) is 4.79 Å². The van der Waals surface area contributed by atoms with Gasteiger partial charge in [-0.25, -0.2) is 0 Å². The van der Waals surface area contributed by atoms with E-state index in [1.165, 1.54) is 21.9 Å². The number of benzene rings is 2. The molecule has 2 aromatic carbocycles. The summed E-state index contributed by atoms with van der Waals surface area (Å²) in [4.78, 5) is 10.9. The molecule has 0 saturated carbocycles. The van der Waals surface area contributed by atoms with Gasteiger partial charge in [0.15, 0.2) is 0 Å². The predicted octanol–water partition coefficient (Wildman–Crippen LogP) is 3.67. The lowest BCUT2D eigenvalue weighted by atomic mass is 10.0. The molecule has 2 rings (SSSR count). The number of ketones is 1. The lowest BCUT2D eigenvalue weighted by Gasteiger charge is -2.03. The van der Waals surface area contributed by atoms with Crippen LogP contribution in [0.4, 0.5) is 0 Å². The van der Waals surface area contributed by atoms with Gasteiger partial charge in [-0.3, -0.25) is 0 Å². The molecule has 0 aliphatic carbocycles. The average molecular weight is 212 g/mol. The molecule has 1 nitrogen and oxygen atoms in total. The molecular formula is C15H16O. The normalized spacial score (nSPS) is 10.6. The van der Waals surface area contributed by atoms with Gasteiger partial charge in [0, 0.05) is 6.42 Å². The van der Waals surface area contributed by atoms with Crippen LogP contribution in [-0.2, 0) is 11.2 Å². The third kappa shape index (κ3) is 2.48. The smallest absolute Gasteiger partial charge is 0.130 e. The summed E-state index contributed by atoms with van der Waals surface area (Å²) in [5.41, 5.74) is 2.52. The van der Waals surface area contributed by atoms with Crippen LogP contribution in [0, 0.1) is 6.92 Å². The summed E-state index contributed by atoms with van der Waals surface area (Å²) in [5, 5.41) is 2.53. The van der Waals surface area contributed by atoms with Crippen LogP contribution >= 0.6 is 0 Å². The summed E-state index contributed by atoms with van der Waals surface area (Å²) in [6.45, 7) is 3.74. The van der Waals surface area contributed by atoms with Gasteiger partial charge in [0.25, 0.3) is 0 Å². The van der Waals surface area contributed by atoms with Crippen molar-refractivity contribution < 1.29 is 4.79 Å². The lowest BCUT2D eigenvalue weighted by molar-refractivity contribution is -0.116. The minimum absolute atomic E-state index is 0.254. The number of rotatable bonds is 3. The summed E-state index contributed by atoms with van der Waals surface area (Å²) in [7, 11) is 0. The molecule has 0 aromatic heterocycles. The fourth-order valence-electron chi connectivity index (χ4n) is 1.89. The number of hydrogen-bond donors (Lipinski definition) is 0. The minimum atomic E-state index is 0.254.